The molecule has 24 heavy (non-hydrogen) atoms. The van der Waals surface area contributed by atoms with Gasteiger partial charge in [0.05, 0.1) is 11.7 Å². The first-order chi connectivity index (χ1) is 11.5. The van der Waals surface area contributed by atoms with Gasteiger partial charge in [0.25, 0.3) is 0 Å². The van der Waals surface area contributed by atoms with Crippen molar-refractivity contribution in [2.45, 2.75) is 75.1 Å². The minimum absolute atomic E-state index is 0.00731. The first-order valence-corrected chi connectivity index (χ1v) is 9.65. The van der Waals surface area contributed by atoms with Crippen LogP contribution in [0.25, 0.3) is 0 Å². The Balaban J connectivity index is 1.46. The quantitative estimate of drug-likeness (QED) is 0.763. The van der Waals surface area contributed by atoms with E-state index in [4.69, 9.17) is 11.8 Å². The van der Waals surface area contributed by atoms with Gasteiger partial charge in [-0.05, 0) is 86.3 Å². The Morgan fingerprint density at radius 2 is 1.96 bits per heavy atom. The molecule has 2 N–H and O–H groups in total. The molecule has 1 aliphatic heterocycles. The predicted molar refractivity (Wildman–Crippen MR) is 87.6 cm³/mol. The highest BCUT2D eigenvalue weighted by atomic mass is 35.5. The third kappa shape index (κ3) is 2.03. The molecule has 4 unspecified atom stereocenters. The van der Waals surface area contributed by atoms with Crippen LogP contribution in [-0.4, -0.2) is 39.6 Å². The summed E-state index contributed by atoms with van der Waals surface area (Å²) in [4.78, 5) is 18.0. The monoisotopic (exact) mass is 349 g/mol. The zero-order chi connectivity index (χ0) is 16.7. The molecule has 5 nitrogen and oxygen atoms in total. The molecule has 4 bridgehead atoms. The Bertz CT molecular complexity index is 618. The van der Waals surface area contributed by atoms with E-state index in [9.17, 15) is 15.2 Å². The minimum Gasteiger partial charge on any atom is -0.390 e. The van der Waals surface area contributed by atoms with Crippen LogP contribution in [0.3, 0.4) is 0 Å². The van der Waals surface area contributed by atoms with Gasteiger partial charge >= 0.3 is 0 Å². The number of piperidine rings is 1. The fourth-order valence-electron chi connectivity index (χ4n) is 7.08. The van der Waals surface area contributed by atoms with Crippen LogP contribution in [0.4, 0.5) is 0 Å². The second-order valence-corrected chi connectivity index (χ2v) is 9.50. The van der Waals surface area contributed by atoms with Crippen molar-refractivity contribution in [2.75, 3.05) is 0 Å². The zero-order valence-electron chi connectivity index (χ0n) is 13.7. The van der Waals surface area contributed by atoms with E-state index in [2.05, 4.69) is 10.9 Å². The van der Waals surface area contributed by atoms with E-state index in [0.717, 1.165) is 38.5 Å². The van der Waals surface area contributed by atoms with Crippen LogP contribution < -0.4 is 4.84 Å². The maximum Gasteiger partial charge on any atom is 0.242 e. The van der Waals surface area contributed by atoms with Gasteiger partial charge < -0.3 is 10.0 Å². The van der Waals surface area contributed by atoms with Gasteiger partial charge in [-0.3, -0.25) is 4.79 Å². The number of aliphatic hydroxyl groups is 1. The van der Waals surface area contributed by atoms with Crippen LogP contribution in [0.5, 0.6) is 0 Å². The average Bonchev–Trinajstić information content (AvgIpc) is 3.15. The molecule has 0 radical (unpaired) electrons. The molecule has 6 aliphatic rings. The van der Waals surface area contributed by atoms with E-state index in [1.165, 1.54) is 6.42 Å². The number of rotatable bonds is 3. The van der Waals surface area contributed by atoms with Gasteiger partial charge in [-0.2, -0.15) is 5.26 Å². The summed E-state index contributed by atoms with van der Waals surface area (Å²) in [5.41, 5.74) is -0.858. The number of nitriles is 1. The van der Waals surface area contributed by atoms with Crippen LogP contribution in [0.15, 0.2) is 0 Å². The Hall–Kier alpha value is -0.830. The third-order valence-electron chi connectivity index (χ3n) is 7.55. The first kappa shape index (κ1) is 15.4. The van der Waals surface area contributed by atoms with Crippen LogP contribution in [0.1, 0.15) is 51.4 Å². The number of hydrogen-bond donors (Lipinski definition) is 2. The number of likely N-dealkylation sites (tertiary alicyclic amines) is 1. The summed E-state index contributed by atoms with van der Waals surface area (Å²) in [6.07, 6.45) is 7.39. The summed E-state index contributed by atoms with van der Waals surface area (Å²) >= 11 is 6.11. The number of carbonyl (C=O) groups is 1. The molecule has 1 heterocycles. The molecule has 0 aromatic heterocycles. The van der Waals surface area contributed by atoms with E-state index < -0.39 is 11.6 Å². The summed E-state index contributed by atoms with van der Waals surface area (Å²) in [7, 11) is 0. The molecular weight excluding hydrogens is 326 g/mol. The van der Waals surface area contributed by atoms with Crippen LogP contribution >= 0.6 is 11.8 Å². The third-order valence-corrected chi connectivity index (χ3v) is 7.77. The van der Waals surface area contributed by atoms with Crippen molar-refractivity contribution in [3.05, 3.63) is 0 Å². The lowest BCUT2D eigenvalue weighted by atomic mass is 9.46. The minimum atomic E-state index is -0.613. The molecule has 0 aromatic rings. The van der Waals surface area contributed by atoms with E-state index >= 15 is 0 Å². The van der Waals surface area contributed by atoms with Gasteiger partial charge in [0.2, 0.25) is 5.91 Å². The second kappa shape index (κ2) is 4.87. The number of hydrogen-bond acceptors (Lipinski definition) is 4. The summed E-state index contributed by atoms with van der Waals surface area (Å²) in [6.45, 7) is 0. The summed E-state index contributed by atoms with van der Waals surface area (Å²) in [6, 6.07) is 1.76. The Kier molecular flexibility index (Phi) is 3.13. The van der Waals surface area contributed by atoms with E-state index in [1.54, 1.807) is 0 Å². The maximum atomic E-state index is 13.3. The molecule has 0 spiro atoms. The largest absolute Gasteiger partial charge is 0.390 e. The van der Waals surface area contributed by atoms with Crippen molar-refractivity contribution < 1.29 is 9.90 Å². The SMILES string of the molecule is N#C[C@@H]1CC2CC2N1C(=O)[C@@H](NCl)C12CC3CC(CC(O)(C3)C1)C2. The molecule has 1 saturated heterocycles. The number of carbonyl (C=O) groups excluding carboxylic acids is 1. The lowest BCUT2D eigenvalue weighted by molar-refractivity contribution is -0.178. The number of halogens is 1. The summed E-state index contributed by atoms with van der Waals surface area (Å²) < 4.78 is 0. The molecule has 6 rings (SSSR count). The molecule has 6 heteroatoms. The van der Waals surface area contributed by atoms with Gasteiger partial charge in [0.15, 0.2) is 0 Å². The number of nitrogens with zero attached hydrogens (tertiary/aromatic N) is 2. The summed E-state index contributed by atoms with van der Waals surface area (Å²) in [5, 5.41) is 20.4. The molecule has 130 valence electrons. The van der Waals surface area contributed by atoms with Crippen LogP contribution in [-0.2, 0) is 4.79 Å². The van der Waals surface area contributed by atoms with Gasteiger partial charge in [-0.15, -0.1) is 0 Å². The van der Waals surface area contributed by atoms with Gasteiger partial charge in [-0.25, -0.2) is 4.84 Å². The van der Waals surface area contributed by atoms with Crippen molar-refractivity contribution >= 4 is 17.7 Å². The molecule has 0 aromatic carbocycles. The topological polar surface area (TPSA) is 76.4 Å². The summed E-state index contributed by atoms with van der Waals surface area (Å²) in [5.74, 6) is 1.52. The van der Waals surface area contributed by atoms with E-state index in [1.807, 2.05) is 4.90 Å². The second-order valence-electron chi connectivity index (χ2n) is 9.28. The van der Waals surface area contributed by atoms with E-state index in [-0.39, 0.29) is 23.4 Å². The van der Waals surface area contributed by atoms with Crippen molar-refractivity contribution in [3.8, 4) is 6.07 Å². The van der Waals surface area contributed by atoms with Crippen molar-refractivity contribution in [1.82, 2.24) is 9.74 Å². The molecule has 6 atom stereocenters. The van der Waals surface area contributed by atoms with Crippen LogP contribution in [0, 0.1) is 34.5 Å². The Morgan fingerprint density at radius 1 is 1.25 bits per heavy atom. The van der Waals surface area contributed by atoms with Crippen molar-refractivity contribution in [3.63, 3.8) is 0 Å². The molecular formula is C18H24ClN3O2. The maximum absolute atomic E-state index is 13.3. The number of amides is 1. The van der Waals surface area contributed by atoms with Crippen molar-refractivity contribution in [1.29, 1.82) is 5.26 Å². The van der Waals surface area contributed by atoms with Gasteiger partial charge in [0, 0.05) is 6.04 Å². The zero-order valence-corrected chi connectivity index (χ0v) is 14.5. The van der Waals surface area contributed by atoms with Gasteiger partial charge in [-0.1, -0.05) is 0 Å². The molecule has 5 aliphatic carbocycles. The van der Waals surface area contributed by atoms with Crippen molar-refractivity contribution in [2.24, 2.45) is 23.2 Å². The fraction of sp³-hybridized carbons (Fsp3) is 0.889. The highest BCUT2D eigenvalue weighted by molar-refractivity contribution is 6.15. The highest BCUT2D eigenvalue weighted by Gasteiger charge is 2.63. The molecule has 1 amide bonds. The standard InChI is InChI=1S/C18H24ClN3O2/c19-21-15(16(23)22-13(8-20)2-12-3-14(12)22)17-4-10-1-11(5-17)7-18(24,6-10)9-17/h10-15,21,24H,1-7,9H2/t10?,11?,12?,13-,14?,15+,17?,18?/m0/s1. The highest BCUT2D eigenvalue weighted by Crippen LogP contribution is 2.63. The molecule has 5 saturated carbocycles. The fourth-order valence-corrected chi connectivity index (χ4v) is 7.41. The molecule has 6 fully saturated rings. The predicted octanol–water partition coefficient (Wildman–Crippen LogP) is 1.94. The van der Waals surface area contributed by atoms with Gasteiger partial charge in [0.1, 0.15) is 12.1 Å². The Labute approximate surface area is 147 Å². The number of fused-ring (bicyclic) bond motifs is 1. The van der Waals surface area contributed by atoms with E-state index in [0.29, 0.717) is 24.2 Å². The average molecular weight is 350 g/mol. The lowest BCUT2D eigenvalue weighted by Gasteiger charge is -2.62. The smallest absolute Gasteiger partial charge is 0.242 e. The number of nitrogens with one attached hydrogen (secondary N) is 1. The Morgan fingerprint density at radius 3 is 2.54 bits per heavy atom. The first-order valence-electron chi connectivity index (χ1n) is 9.27. The normalized spacial score (nSPS) is 52.0. The lowest BCUT2D eigenvalue weighted by Crippen LogP contribution is -2.64. The van der Waals surface area contributed by atoms with Crippen LogP contribution in [0.2, 0.25) is 0 Å².